The Labute approximate surface area is 745 Å². The van der Waals surface area contributed by atoms with Crippen LogP contribution in [0.2, 0.25) is 0 Å². The van der Waals surface area contributed by atoms with Crippen LogP contribution in [0.25, 0.3) is 66.8 Å². The minimum Gasteiger partial charge on any atom is -0.0619 e. The van der Waals surface area contributed by atoms with E-state index in [0.717, 1.165) is 131 Å². The van der Waals surface area contributed by atoms with Gasteiger partial charge in [-0.05, 0) is 287 Å². The van der Waals surface area contributed by atoms with Crippen LogP contribution in [0.1, 0.15) is 87.5 Å². The van der Waals surface area contributed by atoms with Gasteiger partial charge in [-0.2, -0.15) is 0 Å². The van der Waals surface area contributed by atoms with Gasteiger partial charge in [0, 0.05) is 67.0 Å². The number of ketones is 2. The Morgan fingerprint density at radius 1 is 0.291 bits per heavy atom. The number of thiol groups is 1. The first-order valence-electron chi connectivity index (χ1n) is 34.0. The quantitative estimate of drug-likeness (QED) is 0.119. The first-order valence-corrected chi connectivity index (χ1v) is 50.2. The van der Waals surface area contributed by atoms with Crippen molar-refractivity contribution in [2.75, 3.05) is 0 Å². The molecule has 0 amide bonds. The van der Waals surface area contributed by atoms with Crippen molar-refractivity contribution in [2.45, 2.75) is 24.7 Å². The zero-order valence-corrected chi connectivity index (χ0v) is 78.8. The van der Waals surface area contributed by atoms with Crippen LogP contribution in [0, 0.1) is 0 Å². The molecule has 0 unspecified atom stereocenters. The number of carbonyl (C=O) groups excluding carboxylic acids is 2. The van der Waals surface area contributed by atoms with Gasteiger partial charge in [-0.25, -0.2) is 0 Å². The average Bonchev–Trinajstić information content (AvgIpc) is 1.53. The second-order valence-corrected chi connectivity index (χ2v) is 39.9. The molecule has 0 fully saturated rings. The minimum atomic E-state index is -0.931. The van der Waals surface area contributed by atoms with Crippen molar-refractivity contribution in [1.29, 1.82) is 0 Å². The zero-order valence-electron chi connectivity index (χ0n) is 57.6. The summed E-state index contributed by atoms with van der Waals surface area (Å²) in [4.78, 5) is 24.3. The third-order valence-electron chi connectivity index (χ3n) is 19.5. The topological polar surface area (TPSA) is 87.0 Å². The summed E-state index contributed by atoms with van der Waals surface area (Å²) in [6.45, 7) is 0. The summed E-state index contributed by atoms with van der Waals surface area (Å²) in [6, 6.07) is 94.2. The van der Waals surface area contributed by atoms with Crippen molar-refractivity contribution in [3.8, 4) is 78.3 Å². The fourth-order valence-corrected chi connectivity index (χ4v) is 18.7. The molecule has 0 saturated carbocycles. The number of nitrogens with zero attached hydrogens (tertiary/aromatic N) is 1. The number of phenols is 2. The van der Waals surface area contributed by atoms with E-state index in [1.807, 2.05) is 97.1 Å². The van der Waals surface area contributed by atoms with Gasteiger partial charge in [0.05, 0.1) is 5.41 Å². The summed E-state index contributed by atoms with van der Waals surface area (Å²) in [6.07, 6.45) is 3.19. The molecule has 539 valence electrons. The van der Waals surface area contributed by atoms with Crippen LogP contribution in [0.5, 0.6) is 11.5 Å². The molecule has 5 nitrogen and oxygen atoms in total. The summed E-state index contributed by atoms with van der Waals surface area (Å²) >= 11 is 37.2. The summed E-state index contributed by atoms with van der Waals surface area (Å²) in [5.41, 5.74) is 30.3. The molecule has 0 atom stereocenters. The number of carbonyl (C=O) groups is 2. The van der Waals surface area contributed by atoms with Crippen molar-refractivity contribution in [2.24, 2.45) is 4.30 Å². The Morgan fingerprint density at radius 3 is 0.773 bits per heavy atom. The largest absolute Gasteiger partial charge is 0.0619 e. The van der Waals surface area contributed by atoms with E-state index in [2.05, 4.69) is 342 Å². The third kappa shape index (κ3) is 17.9. The van der Waals surface area contributed by atoms with E-state index < -0.39 is 20.6 Å². The Balaban J connectivity index is 0.000000117. The maximum absolute atomic E-state index is 12.2. The number of rotatable bonds is 2. The van der Waals surface area contributed by atoms with Crippen LogP contribution in [-0.4, -0.2) is 29.4 Å². The van der Waals surface area contributed by atoms with Crippen molar-refractivity contribution in [3.05, 3.63) is 402 Å². The molecule has 0 bridgehead atoms. The van der Waals surface area contributed by atoms with Gasteiger partial charge in [-0.3, -0.25) is 9.59 Å². The van der Waals surface area contributed by atoms with E-state index >= 15 is 0 Å². The van der Waals surface area contributed by atoms with E-state index in [4.69, 9.17) is 19.4 Å². The number of phenolic OH excluding ortho intramolecular Hbond substituents is 2. The van der Waals surface area contributed by atoms with Gasteiger partial charge in [-0.15, -0.1) is 0 Å². The summed E-state index contributed by atoms with van der Waals surface area (Å²) < 4.78 is 13.1. The zero-order chi connectivity index (χ0) is 77.7. The van der Waals surface area contributed by atoms with Crippen LogP contribution >= 0.6 is 191 Å². The molecule has 20 heteroatoms. The molecule has 14 aromatic rings. The van der Waals surface area contributed by atoms with Crippen LogP contribution < -0.4 is 0 Å². The third-order valence-corrected chi connectivity index (χ3v) is 24.4. The van der Waals surface area contributed by atoms with Gasteiger partial charge in [0.25, 0.3) is 0 Å². The van der Waals surface area contributed by atoms with Crippen molar-refractivity contribution in [3.63, 3.8) is 0 Å². The average molecular weight is 2190 g/mol. The van der Waals surface area contributed by atoms with Crippen molar-refractivity contribution < 1.29 is 34.9 Å². The van der Waals surface area contributed by atoms with E-state index in [9.17, 15) is 19.8 Å². The molecule has 0 heterocycles. The van der Waals surface area contributed by atoms with E-state index in [1.165, 1.54) is 77.9 Å². The van der Waals surface area contributed by atoms with Gasteiger partial charge in [0.2, 0.25) is 0 Å². The number of aromatic hydroxyl groups is 2. The molecule has 6 aliphatic rings. The molecule has 14 aromatic carbocycles. The van der Waals surface area contributed by atoms with Gasteiger partial charge >= 0.3 is 59.3 Å². The molecule has 110 heavy (non-hydrogen) atoms. The van der Waals surface area contributed by atoms with Crippen molar-refractivity contribution in [1.82, 2.24) is 0 Å². The Morgan fingerprint density at radius 2 is 0.500 bits per heavy atom. The predicted molar refractivity (Wildman–Crippen MR) is 488 cm³/mol. The van der Waals surface area contributed by atoms with Crippen LogP contribution in [0.3, 0.4) is 0 Å². The molecule has 0 spiro atoms. The first-order chi connectivity index (χ1) is 53.1. The molecule has 20 rings (SSSR count). The predicted octanol–water partition coefficient (Wildman–Crippen LogP) is 30.2. The fraction of sp³-hybridized carbons (Fsp3) is 0.0444. The minimum absolute atomic E-state index is 0.104. The molecule has 2 N–H and O–H groups in total. The number of fused-ring (bicyclic) bond motifs is 18. The molecule has 0 saturated heterocycles. The normalized spacial score (nSPS) is 12.3. The Kier molecular flexibility index (Phi) is 27.5. The smallest absolute Gasteiger partial charge is 0.00135 e. The summed E-state index contributed by atoms with van der Waals surface area (Å²) in [7, 11) is 14.2. The summed E-state index contributed by atoms with van der Waals surface area (Å²) in [5, 5.41) is 19.8. The van der Waals surface area contributed by atoms with Gasteiger partial charge < -0.3 is 10.2 Å². The van der Waals surface area contributed by atoms with E-state index in [1.54, 1.807) is 24.3 Å². The number of halogens is 12. The van der Waals surface area contributed by atoms with E-state index in [0.29, 0.717) is 0 Å². The maximum atomic E-state index is 12.2. The van der Waals surface area contributed by atoms with E-state index in [-0.39, 0.29) is 23.1 Å². The first kappa shape index (κ1) is 82.2. The molecule has 0 aromatic heterocycles. The molecule has 6 aliphatic carbocycles. The van der Waals surface area contributed by atoms with Crippen molar-refractivity contribution >= 4 is 211 Å². The second kappa shape index (κ2) is 36.8. The maximum Gasteiger partial charge on any atom is -0.00135 e. The van der Waals surface area contributed by atoms with Crippen LogP contribution in [0.4, 0.5) is 0 Å². The number of hydrogen-bond acceptors (Lipinski definition) is 6. The Hall–Kier alpha value is -5.76. The monoisotopic (exact) mass is 2180 g/mol. The Bertz CT molecular complexity index is 5370. The SMILES string of the molecule is Brc1ccc2c(c1)Cc1cc(Br)ccc1-2.Brc1ccc2c(c1)Cc1cc(Br)ccc1-2.O=C1c2cc(Br)ccc2-c2ccc(Br)cc21.O=C1c2cc(Br)ccc2-c2ccc(Br)cc21.Oc1ccc(C2(c3ccc(O)cc3)c3cc(Br)ccc3-c3ccc(Br)cc32)cc1.[B]=NS.[Cl][Zn][Cl].c1ccc2c(c1)Cc1ccccc1-2. The molecule has 0 aliphatic heterocycles. The molecule has 1 radical (unpaired) electrons. The standard InChI is InChI=1S/C25H16Br2O2.2C13H6Br2O.2C13H8Br2.C13H10.BHNS.2ClH.Zn/c26-17-5-11-21-22-12-6-18(27)14-24(22)25(23(21)13-17,15-1-7-19(28)8-2-15)16-3-9-20(29)10-4-16;2*14-7-1-3-9-10-4-2-8(15)6-12(10)13(16)11(9)5-7;2*14-10-1-3-12-8(6-10)5-9-7-11(15)2-4-13(9)12;1-3-7-12-10(5-1)9-11-6-2-4-8-13(11)12;1-2-3;;;/h1-14,28-29H;2*1-6H;2*1-4,6-7H,5H2;1-8H,9H2;3H;2*1H;/q;;;;;;;;;+2/p-2. The van der Waals surface area contributed by atoms with Crippen LogP contribution in [-0.2, 0) is 39.8 Å². The van der Waals surface area contributed by atoms with Gasteiger partial charge in [0.15, 0.2) is 11.6 Å². The fourth-order valence-electron chi connectivity index (χ4n) is 14.9. The van der Waals surface area contributed by atoms with Crippen LogP contribution in [0.15, 0.2) is 328 Å². The second-order valence-electron chi connectivity index (χ2n) is 25.9. The number of hydrogen-bond donors (Lipinski definition) is 3. The van der Waals surface area contributed by atoms with Gasteiger partial charge in [0.1, 0.15) is 11.5 Å². The summed E-state index contributed by atoms with van der Waals surface area (Å²) in [5.74, 6) is 0.674. The molecular formula is C90H55BBr10Cl2NO4SZn. The van der Waals surface area contributed by atoms with Gasteiger partial charge in [-0.1, -0.05) is 293 Å². The number of benzene rings is 14. The molecular weight excluding hydrogens is 2140 g/mol.